The molecule has 26 heavy (non-hydrogen) atoms. The molecule has 0 unspecified atom stereocenters. The Hall–Kier alpha value is -3.28. The van der Waals surface area contributed by atoms with E-state index in [9.17, 15) is 13.2 Å². The smallest absolute Gasteiger partial charge is 0.406 e. The van der Waals surface area contributed by atoms with E-state index in [4.69, 9.17) is 0 Å². The number of imidazole rings is 1. The van der Waals surface area contributed by atoms with Crippen LogP contribution >= 0.6 is 0 Å². The van der Waals surface area contributed by atoms with Crippen LogP contribution in [0.4, 0.5) is 13.2 Å². The molecule has 0 saturated carbocycles. The maximum Gasteiger partial charge on any atom is 0.573 e. The molecule has 3 nitrogen and oxygen atoms in total. The number of hydrogen-bond donors (Lipinski definition) is 1. The number of alkyl halides is 3. The quantitative estimate of drug-likeness (QED) is 0.505. The van der Waals surface area contributed by atoms with E-state index in [1.54, 1.807) is 12.1 Å². The van der Waals surface area contributed by atoms with Gasteiger partial charge in [0, 0.05) is 5.56 Å². The lowest BCUT2D eigenvalue weighted by Crippen LogP contribution is -2.16. The standard InChI is InChI=1S/C20H13F3N2O/c21-20(22,23)26-16-11-9-14(10-12-16)13-5-7-15(8-6-13)19-24-17-3-1-2-4-18(17)25-19/h1-12H,(H,24,25). The van der Waals surface area contributed by atoms with Gasteiger partial charge in [-0.1, -0.05) is 48.5 Å². The molecule has 1 heterocycles. The first-order chi connectivity index (χ1) is 12.5. The predicted molar refractivity (Wildman–Crippen MR) is 93.6 cm³/mol. The number of fused-ring (bicyclic) bond motifs is 1. The summed E-state index contributed by atoms with van der Waals surface area (Å²) >= 11 is 0. The molecule has 1 N–H and O–H groups in total. The summed E-state index contributed by atoms with van der Waals surface area (Å²) in [5, 5.41) is 0. The zero-order valence-electron chi connectivity index (χ0n) is 13.4. The summed E-state index contributed by atoms with van der Waals surface area (Å²) in [4.78, 5) is 7.82. The van der Waals surface area contributed by atoms with Gasteiger partial charge in [0.1, 0.15) is 11.6 Å². The third-order valence-electron chi connectivity index (χ3n) is 3.97. The minimum absolute atomic E-state index is 0.236. The number of aromatic amines is 1. The molecule has 0 amide bonds. The highest BCUT2D eigenvalue weighted by Gasteiger charge is 2.30. The summed E-state index contributed by atoms with van der Waals surface area (Å²) in [6.45, 7) is 0. The second kappa shape index (κ2) is 6.22. The average Bonchev–Trinajstić information content (AvgIpc) is 3.05. The molecule has 130 valence electrons. The van der Waals surface area contributed by atoms with Crippen molar-refractivity contribution in [2.24, 2.45) is 0 Å². The summed E-state index contributed by atoms with van der Waals surface area (Å²) < 4.78 is 40.5. The van der Waals surface area contributed by atoms with Gasteiger partial charge >= 0.3 is 6.36 Å². The third-order valence-corrected chi connectivity index (χ3v) is 3.97. The molecule has 6 heteroatoms. The van der Waals surface area contributed by atoms with Crippen LogP contribution < -0.4 is 4.74 Å². The van der Waals surface area contributed by atoms with Gasteiger partial charge in [-0.05, 0) is 35.4 Å². The van der Waals surface area contributed by atoms with Crippen molar-refractivity contribution in [1.82, 2.24) is 9.97 Å². The Morgan fingerprint density at radius 1 is 0.731 bits per heavy atom. The van der Waals surface area contributed by atoms with Crippen molar-refractivity contribution >= 4 is 11.0 Å². The van der Waals surface area contributed by atoms with E-state index in [-0.39, 0.29) is 5.75 Å². The van der Waals surface area contributed by atoms with Gasteiger partial charge in [-0.3, -0.25) is 0 Å². The zero-order valence-corrected chi connectivity index (χ0v) is 13.4. The lowest BCUT2D eigenvalue weighted by Gasteiger charge is -2.09. The van der Waals surface area contributed by atoms with E-state index in [2.05, 4.69) is 14.7 Å². The number of H-pyrrole nitrogens is 1. The number of benzene rings is 3. The number of aromatic nitrogens is 2. The molecule has 0 fully saturated rings. The molecular formula is C20H13F3N2O. The van der Waals surface area contributed by atoms with Crippen molar-refractivity contribution in [2.75, 3.05) is 0 Å². The third kappa shape index (κ3) is 3.39. The Bertz CT molecular complexity index is 1000. The number of rotatable bonds is 3. The van der Waals surface area contributed by atoms with E-state index in [1.165, 1.54) is 12.1 Å². The highest BCUT2D eigenvalue weighted by molar-refractivity contribution is 5.79. The van der Waals surface area contributed by atoms with Gasteiger partial charge in [-0.15, -0.1) is 13.2 Å². The normalized spacial score (nSPS) is 11.7. The summed E-state index contributed by atoms with van der Waals surface area (Å²) in [6.07, 6.45) is -4.68. The molecule has 0 aliphatic rings. The van der Waals surface area contributed by atoms with E-state index in [0.29, 0.717) is 0 Å². The molecule has 4 aromatic rings. The van der Waals surface area contributed by atoms with Crippen molar-refractivity contribution in [3.8, 4) is 28.3 Å². The largest absolute Gasteiger partial charge is 0.573 e. The molecule has 0 radical (unpaired) electrons. The zero-order chi connectivity index (χ0) is 18.1. The van der Waals surface area contributed by atoms with Crippen molar-refractivity contribution < 1.29 is 17.9 Å². The van der Waals surface area contributed by atoms with Crippen LogP contribution in [0.1, 0.15) is 0 Å². The number of hydrogen-bond acceptors (Lipinski definition) is 2. The second-order valence-corrected chi connectivity index (χ2v) is 5.75. The topological polar surface area (TPSA) is 37.9 Å². The first-order valence-electron chi connectivity index (χ1n) is 7.89. The van der Waals surface area contributed by atoms with Crippen molar-refractivity contribution in [1.29, 1.82) is 0 Å². The van der Waals surface area contributed by atoms with Gasteiger partial charge in [-0.25, -0.2) is 4.98 Å². The monoisotopic (exact) mass is 354 g/mol. The van der Waals surface area contributed by atoms with E-state index < -0.39 is 6.36 Å². The van der Waals surface area contributed by atoms with Gasteiger partial charge < -0.3 is 9.72 Å². The van der Waals surface area contributed by atoms with Gasteiger partial charge in [-0.2, -0.15) is 0 Å². The molecule has 0 bridgehead atoms. The number of halogens is 3. The van der Waals surface area contributed by atoms with Crippen LogP contribution in [0.5, 0.6) is 5.75 Å². The molecule has 1 aromatic heterocycles. The van der Waals surface area contributed by atoms with Crippen molar-refractivity contribution in [3.63, 3.8) is 0 Å². The van der Waals surface area contributed by atoms with Crippen LogP contribution in [-0.4, -0.2) is 16.3 Å². The summed E-state index contributed by atoms with van der Waals surface area (Å²) in [7, 11) is 0. The fraction of sp³-hybridized carbons (Fsp3) is 0.0500. The fourth-order valence-electron chi connectivity index (χ4n) is 2.76. The first kappa shape index (κ1) is 16.2. The van der Waals surface area contributed by atoms with Crippen LogP contribution in [0.3, 0.4) is 0 Å². The summed E-state index contributed by atoms with van der Waals surface area (Å²) in [5.74, 6) is 0.534. The Morgan fingerprint density at radius 2 is 1.31 bits per heavy atom. The molecule has 3 aromatic carbocycles. The van der Waals surface area contributed by atoms with E-state index in [1.807, 2.05) is 48.5 Å². The minimum Gasteiger partial charge on any atom is -0.406 e. The van der Waals surface area contributed by atoms with Gasteiger partial charge in [0.2, 0.25) is 0 Å². The highest BCUT2D eigenvalue weighted by atomic mass is 19.4. The van der Waals surface area contributed by atoms with E-state index in [0.717, 1.165) is 33.5 Å². The molecule has 0 aliphatic heterocycles. The second-order valence-electron chi connectivity index (χ2n) is 5.75. The number of ether oxygens (including phenoxy) is 1. The van der Waals surface area contributed by atoms with Crippen molar-refractivity contribution in [3.05, 3.63) is 72.8 Å². The van der Waals surface area contributed by atoms with Gasteiger partial charge in [0.05, 0.1) is 11.0 Å². The Morgan fingerprint density at radius 3 is 1.92 bits per heavy atom. The molecule has 0 saturated heterocycles. The van der Waals surface area contributed by atoms with Crippen LogP contribution in [-0.2, 0) is 0 Å². The van der Waals surface area contributed by atoms with Gasteiger partial charge in [0.25, 0.3) is 0 Å². The van der Waals surface area contributed by atoms with Crippen LogP contribution in [0.15, 0.2) is 72.8 Å². The number of nitrogens with zero attached hydrogens (tertiary/aromatic N) is 1. The summed E-state index contributed by atoms with van der Waals surface area (Å²) in [6, 6.07) is 21.2. The Labute approximate surface area is 147 Å². The highest BCUT2D eigenvalue weighted by Crippen LogP contribution is 2.28. The maximum atomic E-state index is 12.2. The maximum absolute atomic E-state index is 12.2. The molecule has 0 spiro atoms. The van der Waals surface area contributed by atoms with Gasteiger partial charge in [0.15, 0.2) is 0 Å². The van der Waals surface area contributed by atoms with E-state index >= 15 is 0 Å². The SMILES string of the molecule is FC(F)(F)Oc1ccc(-c2ccc(-c3nc4ccccc4[nH]3)cc2)cc1. The predicted octanol–water partition coefficient (Wildman–Crippen LogP) is 5.80. The molecule has 0 atom stereocenters. The first-order valence-corrected chi connectivity index (χ1v) is 7.89. The number of para-hydroxylation sites is 2. The summed E-state index contributed by atoms with van der Waals surface area (Å²) in [5.41, 5.74) is 4.49. The Kier molecular flexibility index (Phi) is 3.88. The molecule has 4 rings (SSSR count). The molecular weight excluding hydrogens is 341 g/mol. The fourth-order valence-corrected chi connectivity index (χ4v) is 2.76. The lowest BCUT2D eigenvalue weighted by molar-refractivity contribution is -0.274. The minimum atomic E-state index is -4.68. The van der Waals surface area contributed by atoms with Crippen molar-refractivity contribution in [2.45, 2.75) is 6.36 Å². The molecule has 0 aliphatic carbocycles. The Balaban J connectivity index is 1.57. The lowest BCUT2D eigenvalue weighted by atomic mass is 10.0. The van der Waals surface area contributed by atoms with Crippen LogP contribution in [0.2, 0.25) is 0 Å². The average molecular weight is 354 g/mol. The van der Waals surface area contributed by atoms with Crippen LogP contribution in [0.25, 0.3) is 33.5 Å². The number of nitrogens with one attached hydrogen (secondary N) is 1. The van der Waals surface area contributed by atoms with Crippen LogP contribution in [0, 0.1) is 0 Å².